The maximum atomic E-state index is 11.6. The number of benzene rings is 1. The molecular weight excluding hydrogens is 248 g/mol. The van der Waals surface area contributed by atoms with Gasteiger partial charge in [-0.1, -0.05) is 42.8 Å². The molecule has 20 heavy (non-hydrogen) atoms. The van der Waals surface area contributed by atoms with Crippen molar-refractivity contribution < 1.29 is 9.53 Å². The summed E-state index contributed by atoms with van der Waals surface area (Å²) in [6.45, 7) is 2.97. The Balaban J connectivity index is 1.62. The molecule has 0 N–H and O–H groups in total. The largest absolute Gasteiger partial charge is 0.373 e. The van der Waals surface area contributed by atoms with Crippen molar-refractivity contribution in [1.29, 1.82) is 0 Å². The number of fused-ring (bicyclic) bond motifs is 1. The first kappa shape index (κ1) is 13.6. The van der Waals surface area contributed by atoms with E-state index in [2.05, 4.69) is 19.1 Å². The minimum absolute atomic E-state index is 0.251. The predicted molar refractivity (Wildman–Crippen MR) is 79.3 cm³/mol. The van der Waals surface area contributed by atoms with E-state index in [1.165, 1.54) is 11.1 Å². The van der Waals surface area contributed by atoms with Crippen molar-refractivity contribution in [2.24, 2.45) is 5.41 Å². The highest BCUT2D eigenvalue weighted by Crippen LogP contribution is 2.47. The third-order valence-electron chi connectivity index (χ3n) is 4.83. The Morgan fingerprint density at radius 2 is 2.05 bits per heavy atom. The smallest absolute Gasteiger partial charge is 0.155 e. The summed E-state index contributed by atoms with van der Waals surface area (Å²) in [5.74, 6) is 0.293. The van der Waals surface area contributed by atoms with Gasteiger partial charge in [-0.3, -0.25) is 4.79 Å². The molecule has 3 rings (SSSR count). The number of ketones is 1. The van der Waals surface area contributed by atoms with E-state index in [4.69, 9.17) is 4.74 Å². The third-order valence-corrected chi connectivity index (χ3v) is 4.83. The van der Waals surface area contributed by atoms with Crippen LogP contribution < -0.4 is 0 Å². The second-order valence-corrected chi connectivity index (χ2v) is 6.36. The quantitative estimate of drug-likeness (QED) is 0.828. The maximum Gasteiger partial charge on any atom is 0.155 e. The van der Waals surface area contributed by atoms with Crippen molar-refractivity contribution in [3.05, 3.63) is 47.5 Å². The van der Waals surface area contributed by atoms with Crippen LogP contribution in [0.5, 0.6) is 0 Å². The lowest BCUT2D eigenvalue weighted by molar-refractivity contribution is -0.116. The topological polar surface area (TPSA) is 26.3 Å². The molecule has 1 fully saturated rings. The first-order valence-electron chi connectivity index (χ1n) is 7.55. The maximum absolute atomic E-state index is 11.6. The van der Waals surface area contributed by atoms with E-state index in [0.717, 1.165) is 32.1 Å². The lowest BCUT2D eigenvalue weighted by atomic mass is 9.65. The Morgan fingerprint density at radius 3 is 2.85 bits per heavy atom. The molecule has 0 amide bonds. The summed E-state index contributed by atoms with van der Waals surface area (Å²) in [6.07, 6.45) is 7.07. The molecule has 2 aliphatic rings. The lowest BCUT2D eigenvalue weighted by Gasteiger charge is -2.41. The minimum Gasteiger partial charge on any atom is -0.373 e. The summed E-state index contributed by atoms with van der Waals surface area (Å²) >= 11 is 0. The first-order chi connectivity index (χ1) is 9.66. The molecular formula is C18H22O2. The third kappa shape index (κ3) is 2.85. The second-order valence-electron chi connectivity index (χ2n) is 6.36. The van der Waals surface area contributed by atoms with Gasteiger partial charge in [-0.05, 0) is 42.7 Å². The number of carbonyl (C=O) groups excluding carboxylic acids is 1. The standard InChI is InChI=1S/C18H22O2/c1-18-9-7-16(19)11-15(18)12-17(8-10-18)20-13-14-5-3-2-4-6-14/h2-6,11,17H,7-10,12-13H2,1H3/t17-,18+/m0/s1. The molecule has 106 valence electrons. The van der Waals surface area contributed by atoms with Crippen LogP contribution in [0.4, 0.5) is 0 Å². The van der Waals surface area contributed by atoms with E-state index in [0.29, 0.717) is 12.4 Å². The average molecular weight is 270 g/mol. The van der Waals surface area contributed by atoms with Gasteiger partial charge in [0.15, 0.2) is 5.78 Å². The molecule has 1 aromatic carbocycles. The van der Waals surface area contributed by atoms with Crippen molar-refractivity contribution in [3.63, 3.8) is 0 Å². The van der Waals surface area contributed by atoms with E-state index >= 15 is 0 Å². The van der Waals surface area contributed by atoms with Crippen molar-refractivity contribution in [3.8, 4) is 0 Å². The number of rotatable bonds is 3. The molecule has 0 aromatic heterocycles. The van der Waals surface area contributed by atoms with E-state index in [1.807, 2.05) is 24.3 Å². The fourth-order valence-electron chi connectivity index (χ4n) is 3.35. The zero-order valence-corrected chi connectivity index (χ0v) is 12.1. The molecule has 1 saturated carbocycles. The van der Waals surface area contributed by atoms with Crippen LogP contribution in [-0.4, -0.2) is 11.9 Å². The molecule has 0 saturated heterocycles. The zero-order chi connectivity index (χ0) is 14.0. The molecule has 0 bridgehead atoms. The normalized spacial score (nSPS) is 29.8. The zero-order valence-electron chi connectivity index (χ0n) is 12.1. The molecule has 1 aromatic rings. The van der Waals surface area contributed by atoms with Crippen molar-refractivity contribution in [2.45, 2.75) is 51.7 Å². The Bertz CT molecular complexity index is 517. The summed E-state index contributed by atoms with van der Waals surface area (Å²) in [4.78, 5) is 11.6. The summed E-state index contributed by atoms with van der Waals surface area (Å²) in [5, 5.41) is 0. The predicted octanol–water partition coefficient (Wildman–Crippen LogP) is 4.05. The molecule has 0 heterocycles. The summed E-state index contributed by atoms with van der Waals surface area (Å²) in [6, 6.07) is 10.3. The van der Waals surface area contributed by atoms with E-state index in [9.17, 15) is 4.79 Å². The van der Waals surface area contributed by atoms with E-state index in [1.54, 1.807) is 0 Å². The summed E-state index contributed by atoms with van der Waals surface area (Å²) in [7, 11) is 0. The van der Waals surface area contributed by atoms with E-state index < -0.39 is 0 Å². The van der Waals surface area contributed by atoms with Gasteiger partial charge < -0.3 is 4.74 Å². The van der Waals surface area contributed by atoms with Crippen molar-refractivity contribution >= 4 is 5.78 Å². The molecule has 2 aliphatic carbocycles. The molecule has 0 aliphatic heterocycles. The van der Waals surface area contributed by atoms with Crippen LogP contribution in [0, 0.1) is 5.41 Å². The van der Waals surface area contributed by atoms with Crippen LogP contribution in [0.25, 0.3) is 0 Å². The van der Waals surface area contributed by atoms with Gasteiger partial charge in [0.2, 0.25) is 0 Å². The van der Waals surface area contributed by atoms with Crippen LogP contribution in [0.1, 0.15) is 44.6 Å². The molecule has 2 nitrogen and oxygen atoms in total. The minimum atomic E-state index is 0.251. The van der Waals surface area contributed by atoms with Crippen LogP contribution >= 0.6 is 0 Å². The summed E-state index contributed by atoms with van der Waals surface area (Å²) < 4.78 is 6.05. The number of hydrogen-bond acceptors (Lipinski definition) is 2. The molecule has 2 heteroatoms. The van der Waals surface area contributed by atoms with Gasteiger partial charge in [0, 0.05) is 6.42 Å². The van der Waals surface area contributed by atoms with Crippen LogP contribution in [0.2, 0.25) is 0 Å². The number of carbonyl (C=O) groups is 1. The van der Waals surface area contributed by atoms with Crippen LogP contribution in [-0.2, 0) is 16.1 Å². The second kappa shape index (κ2) is 5.53. The molecule has 2 atom stereocenters. The van der Waals surface area contributed by atoms with Crippen LogP contribution in [0.15, 0.2) is 42.0 Å². The number of allylic oxidation sites excluding steroid dienone is 1. The Morgan fingerprint density at radius 1 is 1.25 bits per heavy atom. The molecule has 0 unspecified atom stereocenters. The van der Waals surface area contributed by atoms with Gasteiger partial charge in [-0.2, -0.15) is 0 Å². The van der Waals surface area contributed by atoms with Gasteiger partial charge in [-0.15, -0.1) is 0 Å². The summed E-state index contributed by atoms with van der Waals surface area (Å²) in [5.41, 5.74) is 2.79. The van der Waals surface area contributed by atoms with Gasteiger partial charge in [0.05, 0.1) is 12.7 Å². The van der Waals surface area contributed by atoms with Crippen molar-refractivity contribution in [2.75, 3.05) is 0 Å². The highest BCUT2D eigenvalue weighted by molar-refractivity contribution is 5.91. The highest BCUT2D eigenvalue weighted by Gasteiger charge is 2.38. The Labute approximate surface area is 120 Å². The first-order valence-corrected chi connectivity index (χ1v) is 7.55. The van der Waals surface area contributed by atoms with Crippen molar-refractivity contribution in [1.82, 2.24) is 0 Å². The Kier molecular flexibility index (Phi) is 3.75. The van der Waals surface area contributed by atoms with Gasteiger partial charge >= 0.3 is 0 Å². The van der Waals surface area contributed by atoms with Crippen LogP contribution in [0.3, 0.4) is 0 Å². The molecule has 0 radical (unpaired) electrons. The van der Waals surface area contributed by atoms with E-state index in [-0.39, 0.29) is 11.5 Å². The van der Waals surface area contributed by atoms with Gasteiger partial charge in [0.25, 0.3) is 0 Å². The SMILES string of the molecule is C[C@]12CCC(=O)C=C1C[C@@H](OCc1ccccc1)CC2. The highest BCUT2D eigenvalue weighted by atomic mass is 16.5. The number of hydrogen-bond donors (Lipinski definition) is 0. The van der Waals surface area contributed by atoms with Gasteiger partial charge in [-0.25, -0.2) is 0 Å². The Hall–Kier alpha value is -1.41. The fourth-order valence-corrected chi connectivity index (χ4v) is 3.35. The molecule has 0 spiro atoms. The average Bonchev–Trinajstić information content (AvgIpc) is 2.47. The lowest BCUT2D eigenvalue weighted by Crippen LogP contribution is -2.34. The van der Waals surface area contributed by atoms with Gasteiger partial charge in [0.1, 0.15) is 0 Å². The fraction of sp³-hybridized carbons (Fsp3) is 0.500. The monoisotopic (exact) mass is 270 g/mol. The number of ether oxygens (including phenoxy) is 1.